The van der Waals surface area contributed by atoms with Gasteiger partial charge in [0.15, 0.2) is 5.79 Å². The number of rotatable bonds is 4. The Bertz CT molecular complexity index is 1390. The molecule has 2 aromatic heterocycles. The number of benzene rings is 2. The molecule has 11 heteroatoms. The summed E-state index contributed by atoms with van der Waals surface area (Å²) in [5.41, 5.74) is 0.787. The molecular weight excluding hydrogens is 530 g/mol. The van der Waals surface area contributed by atoms with Crippen molar-refractivity contribution in [2.24, 2.45) is 0 Å². The Hall–Kier alpha value is -2.92. The number of aromatic nitrogens is 2. The van der Waals surface area contributed by atoms with Crippen LogP contribution in [0.1, 0.15) is 19.6 Å². The number of hydrogen-bond acceptors (Lipinski definition) is 7. The molecule has 0 radical (unpaired) electrons. The van der Waals surface area contributed by atoms with E-state index in [1.165, 1.54) is 0 Å². The minimum absolute atomic E-state index is 0.0585. The summed E-state index contributed by atoms with van der Waals surface area (Å²) in [6, 6.07) is 12.5. The summed E-state index contributed by atoms with van der Waals surface area (Å²) in [6.45, 7) is 3.65. The van der Waals surface area contributed by atoms with Gasteiger partial charge in [-0.05, 0) is 72.2 Å². The fourth-order valence-corrected chi connectivity index (χ4v) is 4.09. The van der Waals surface area contributed by atoms with E-state index in [4.69, 9.17) is 30.0 Å². The topological polar surface area (TPSA) is 120 Å². The fraction of sp³-hybridized carbons (Fsp3) is 0.261. The molecular formula is C23H19BrClN3O6. The molecule has 2 aromatic carbocycles. The van der Waals surface area contributed by atoms with E-state index < -0.39 is 17.4 Å². The standard InChI is InChI=1S/C23H19BrClN3O6/c1-22(2)31-10-23(11-32-22,27-21(29)30)18-9-14-7-12(4-6-17(14)33-18)19-26-20(34-28-19)13-3-5-15(24)16(25)8-13/h3-9,27H,10-11H2,1-2H3,(H,29,30). The summed E-state index contributed by atoms with van der Waals surface area (Å²) < 4.78 is 23.7. The molecule has 0 spiro atoms. The molecule has 1 saturated heterocycles. The Morgan fingerprint density at radius 2 is 1.85 bits per heavy atom. The predicted molar refractivity (Wildman–Crippen MR) is 126 cm³/mol. The van der Waals surface area contributed by atoms with Crippen LogP contribution in [-0.4, -0.2) is 40.3 Å². The monoisotopic (exact) mass is 547 g/mol. The third-order valence-electron chi connectivity index (χ3n) is 5.52. The van der Waals surface area contributed by atoms with Gasteiger partial charge in [-0.25, -0.2) is 4.79 Å². The van der Waals surface area contributed by atoms with Crippen LogP contribution in [0.25, 0.3) is 33.8 Å². The van der Waals surface area contributed by atoms with E-state index in [-0.39, 0.29) is 13.2 Å². The third-order valence-corrected chi connectivity index (χ3v) is 6.75. The smallest absolute Gasteiger partial charge is 0.405 e. The molecule has 2 N–H and O–H groups in total. The number of carbonyl (C=O) groups is 1. The number of amides is 1. The van der Waals surface area contributed by atoms with Crippen molar-refractivity contribution in [3.63, 3.8) is 0 Å². The van der Waals surface area contributed by atoms with E-state index in [0.717, 1.165) is 9.86 Å². The molecule has 0 unspecified atom stereocenters. The zero-order chi connectivity index (χ0) is 24.1. The van der Waals surface area contributed by atoms with Gasteiger partial charge in [0.25, 0.3) is 5.89 Å². The van der Waals surface area contributed by atoms with Gasteiger partial charge in [0.1, 0.15) is 16.9 Å². The fourth-order valence-electron chi connectivity index (χ4n) is 3.66. The van der Waals surface area contributed by atoms with Crippen molar-refractivity contribution >= 4 is 44.6 Å². The van der Waals surface area contributed by atoms with Crippen LogP contribution in [0.3, 0.4) is 0 Å². The van der Waals surface area contributed by atoms with Gasteiger partial charge < -0.3 is 28.8 Å². The van der Waals surface area contributed by atoms with Gasteiger partial charge in [-0.1, -0.05) is 16.8 Å². The zero-order valence-electron chi connectivity index (χ0n) is 18.1. The summed E-state index contributed by atoms with van der Waals surface area (Å²) >= 11 is 9.53. The summed E-state index contributed by atoms with van der Waals surface area (Å²) in [5, 5.41) is 17.3. The van der Waals surface area contributed by atoms with Gasteiger partial charge in [-0.15, -0.1) is 0 Å². The van der Waals surface area contributed by atoms with Gasteiger partial charge in [0.2, 0.25) is 5.82 Å². The Morgan fingerprint density at radius 1 is 1.12 bits per heavy atom. The number of fused-ring (bicyclic) bond motifs is 1. The van der Waals surface area contributed by atoms with E-state index in [1.54, 1.807) is 44.2 Å². The van der Waals surface area contributed by atoms with Crippen LogP contribution in [0, 0.1) is 0 Å². The lowest BCUT2D eigenvalue weighted by molar-refractivity contribution is -0.274. The van der Waals surface area contributed by atoms with Crippen molar-refractivity contribution in [3.8, 4) is 22.8 Å². The molecule has 0 bridgehead atoms. The maximum absolute atomic E-state index is 11.5. The maximum Gasteiger partial charge on any atom is 0.405 e. The highest BCUT2D eigenvalue weighted by Gasteiger charge is 2.45. The molecule has 176 valence electrons. The SMILES string of the molecule is CC1(C)OCC(NC(=O)O)(c2cc3cc(-c4noc(-c5ccc(Br)c(Cl)c5)n4)ccc3o2)CO1. The number of nitrogens with one attached hydrogen (secondary N) is 1. The molecule has 1 amide bonds. The molecule has 5 rings (SSSR count). The van der Waals surface area contributed by atoms with Crippen molar-refractivity contribution < 1.29 is 28.3 Å². The molecule has 0 atom stereocenters. The largest absolute Gasteiger partial charge is 0.465 e. The summed E-state index contributed by atoms with van der Waals surface area (Å²) in [4.78, 5) is 16.0. The lowest BCUT2D eigenvalue weighted by atomic mass is 9.96. The van der Waals surface area contributed by atoms with E-state index >= 15 is 0 Å². The normalized spacial score (nSPS) is 17.1. The average molecular weight is 549 g/mol. The quantitative estimate of drug-likeness (QED) is 0.328. The molecule has 9 nitrogen and oxygen atoms in total. The Labute approximate surface area is 207 Å². The second-order valence-electron chi connectivity index (χ2n) is 8.40. The molecule has 34 heavy (non-hydrogen) atoms. The van der Waals surface area contributed by atoms with Crippen LogP contribution in [0.4, 0.5) is 4.79 Å². The maximum atomic E-state index is 11.5. The second-order valence-corrected chi connectivity index (χ2v) is 9.67. The minimum atomic E-state index is -1.21. The molecule has 4 aromatic rings. The van der Waals surface area contributed by atoms with Gasteiger partial charge in [-0.2, -0.15) is 4.98 Å². The Kier molecular flexibility index (Phi) is 5.64. The van der Waals surface area contributed by atoms with Crippen molar-refractivity contribution in [1.82, 2.24) is 15.5 Å². The van der Waals surface area contributed by atoms with Crippen molar-refractivity contribution in [3.05, 3.63) is 57.7 Å². The number of ether oxygens (including phenoxy) is 2. The predicted octanol–water partition coefficient (Wildman–Crippen LogP) is 5.81. The van der Waals surface area contributed by atoms with Crippen molar-refractivity contribution in [1.29, 1.82) is 0 Å². The van der Waals surface area contributed by atoms with Crippen LogP contribution >= 0.6 is 27.5 Å². The highest BCUT2D eigenvalue weighted by Crippen LogP contribution is 2.36. The van der Waals surface area contributed by atoms with Gasteiger partial charge in [-0.3, -0.25) is 0 Å². The van der Waals surface area contributed by atoms with Crippen LogP contribution in [0.5, 0.6) is 0 Å². The second kappa shape index (κ2) is 8.38. The first kappa shape index (κ1) is 22.9. The Balaban J connectivity index is 1.48. The highest BCUT2D eigenvalue weighted by atomic mass is 79.9. The first-order valence-corrected chi connectivity index (χ1v) is 11.4. The van der Waals surface area contributed by atoms with Gasteiger partial charge in [0.05, 0.1) is 18.2 Å². The summed E-state index contributed by atoms with van der Waals surface area (Å²) in [5.74, 6) is 0.290. The van der Waals surface area contributed by atoms with Gasteiger partial charge >= 0.3 is 6.09 Å². The van der Waals surface area contributed by atoms with E-state index in [1.807, 2.05) is 12.1 Å². The lowest BCUT2D eigenvalue weighted by Crippen LogP contribution is -2.58. The summed E-state index contributed by atoms with van der Waals surface area (Å²) in [7, 11) is 0. The summed E-state index contributed by atoms with van der Waals surface area (Å²) in [6.07, 6.45) is -1.21. The van der Waals surface area contributed by atoms with Crippen LogP contribution in [0.2, 0.25) is 5.02 Å². The van der Waals surface area contributed by atoms with Crippen molar-refractivity contribution in [2.45, 2.75) is 25.2 Å². The molecule has 1 aliphatic rings. The lowest BCUT2D eigenvalue weighted by Gasteiger charge is -2.41. The number of carboxylic acid groups (broad SMARTS) is 1. The number of furan rings is 1. The first-order chi connectivity index (χ1) is 16.1. The first-order valence-electron chi connectivity index (χ1n) is 10.3. The van der Waals surface area contributed by atoms with Crippen LogP contribution < -0.4 is 5.32 Å². The Morgan fingerprint density at radius 3 is 2.56 bits per heavy atom. The van der Waals surface area contributed by atoms with E-state index in [0.29, 0.717) is 39.2 Å². The number of nitrogens with zero attached hydrogens (tertiary/aromatic N) is 2. The van der Waals surface area contributed by atoms with Gasteiger partial charge in [0, 0.05) is 21.0 Å². The van der Waals surface area contributed by atoms with E-state index in [2.05, 4.69) is 31.4 Å². The number of hydrogen-bond donors (Lipinski definition) is 2. The number of halogens is 2. The molecule has 0 saturated carbocycles. The minimum Gasteiger partial charge on any atom is -0.465 e. The third kappa shape index (κ3) is 4.29. The van der Waals surface area contributed by atoms with Crippen LogP contribution in [-0.2, 0) is 15.0 Å². The molecule has 1 aliphatic heterocycles. The van der Waals surface area contributed by atoms with Crippen molar-refractivity contribution in [2.75, 3.05) is 13.2 Å². The molecule has 0 aliphatic carbocycles. The highest BCUT2D eigenvalue weighted by molar-refractivity contribution is 9.10. The zero-order valence-corrected chi connectivity index (χ0v) is 20.4. The molecule has 3 heterocycles. The average Bonchev–Trinajstić information content (AvgIpc) is 3.44. The molecule has 1 fully saturated rings. The van der Waals surface area contributed by atoms with Crippen LogP contribution in [0.15, 0.2) is 55.9 Å². The van der Waals surface area contributed by atoms with E-state index in [9.17, 15) is 9.90 Å².